The zero-order valence-electron chi connectivity index (χ0n) is 15.2. The third-order valence-corrected chi connectivity index (χ3v) is 4.63. The molecule has 1 fully saturated rings. The molecule has 0 N–H and O–H groups in total. The van der Waals surface area contributed by atoms with Crippen molar-refractivity contribution in [3.8, 4) is 22.6 Å². The molecule has 1 aliphatic carbocycles. The molecule has 0 radical (unpaired) electrons. The number of fused-ring (bicyclic) bond motifs is 1. The van der Waals surface area contributed by atoms with Gasteiger partial charge in [0, 0.05) is 6.07 Å². The Kier molecular flexibility index (Phi) is 4.56. The first-order valence-corrected chi connectivity index (χ1v) is 8.82. The minimum absolute atomic E-state index is 0.0304. The number of rotatable bonds is 4. The standard InChI is InChI=1S/C21H15F3O5/c1-27-13-6-4-11(5-7-13)17-18(25)15-9-8-14(28-20(26)12-2-3-12)10-16(15)29-19(17)21(22,23)24/h4-10,12H,2-3H2,1H3. The van der Waals surface area contributed by atoms with Crippen LogP contribution in [0.25, 0.3) is 22.1 Å². The zero-order valence-corrected chi connectivity index (χ0v) is 15.2. The summed E-state index contributed by atoms with van der Waals surface area (Å²) in [4.78, 5) is 24.7. The van der Waals surface area contributed by atoms with Crippen molar-refractivity contribution >= 4 is 16.9 Å². The molecule has 8 heteroatoms. The fraction of sp³-hybridized carbons (Fsp3) is 0.238. The normalized spacial score (nSPS) is 14.1. The van der Waals surface area contributed by atoms with Crippen LogP contribution in [0.2, 0.25) is 0 Å². The van der Waals surface area contributed by atoms with Gasteiger partial charge in [0.1, 0.15) is 17.1 Å². The molecule has 1 aliphatic rings. The molecule has 1 heterocycles. The van der Waals surface area contributed by atoms with Crippen molar-refractivity contribution in [1.82, 2.24) is 0 Å². The van der Waals surface area contributed by atoms with Crippen LogP contribution in [-0.2, 0) is 11.0 Å². The van der Waals surface area contributed by atoms with E-state index in [2.05, 4.69) is 0 Å². The number of hydrogen-bond acceptors (Lipinski definition) is 5. The fourth-order valence-electron chi connectivity index (χ4n) is 2.97. The van der Waals surface area contributed by atoms with E-state index in [4.69, 9.17) is 13.9 Å². The van der Waals surface area contributed by atoms with Crippen LogP contribution in [0.4, 0.5) is 13.2 Å². The van der Waals surface area contributed by atoms with Gasteiger partial charge in [-0.25, -0.2) is 0 Å². The third-order valence-electron chi connectivity index (χ3n) is 4.63. The van der Waals surface area contributed by atoms with Gasteiger partial charge in [0.15, 0.2) is 0 Å². The molecule has 0 unspecified atom stereocenters. The molecule has 1 saturated carbocycles. The van der Waals surface area contributed by atoms with Crippen molar-refractivity contribution in [2.45, 2.75) is 19.0 Å². The summed E-state index contributed by atoms with van der Waals surface area (Å²) >= 11 is 0. The summed E-state index contributed by atoms with van der Waals surface area (Å²) in [6.45, 7) is 0. The van der Waals surface area contributed by atoms with Gasteiger partial charge in [-0.1, -0.05) is 12.1 Å². The molecule has 5 nitrogen and oxygen atoms in total. The molecule has 150 valence electrons. The first-order chi connectivity index (χ1) is 13.8. The van der Waals surface area contributed by atoms with E-state index in [1.807, 2.05) is 0 Å². The van der Waals surface area contributed by atoms with Gasteiger partial charge in [-0.3, -0.25) is 9.59 Å². The second kappa shape index (κ2) is 6.95. The lowest BCUT2D eigenvalue weighted by molar-refractivity contribution is -0.152. The van der Waals surface area contributed by atoms with Crippen molar-refractivity contribution < 1.29 is 31.9 Å². The molecule has 2 aromatic carbocycles. The molecule has 0 amide bonds. The van der Waals surface area contributed by atoms with Crippen LogP contribution in [0.5, 0.6) is 11.5 Å². The molecule has 0 atom stereocenters. The van der Waals surface area contributed by atoms with Crippen LogP contribution < -0.4 is 14.9 Å². The molecule has 0 saturated heterocycles. The number of carbonyl (C=O) groups excluding carboxylic acids is 1. The largest absolute Gasteiger partial charge is 0.497 e. The number of esters is 1. The maximum Gasteiger partial charge on any atom is 0.450 e. The van der Waals surface area contributed by atoms with Crippen molar-refractivity contribution in [3.63, 3.8) is 0 Å². The first kappa shape index (κ1) is 19.0. The Bertz CT molecular complexity index is 1140. The summed E-state index contributed by atoms with van der Waals surface area (Å²) in [6.07, 6.45) is -3.45. The van der Waals surface area contributed by atoms with Gasteiger partial charge in [-0.15, -0.1) is 0 Å². The Morgan fingerprint density at radius 3 is 2.31 bits per heavy atom. The monoisotopic (exact) mass is 404 g/mol. The lowest BCUT2D eigenvalue weighted by atomic mass is 10.0. The van der Waals surface area contributed by atoms with E-state index in [1.54, 1.807) is 0 Å². The quantitative estimate of drug-likeness (QED) is 0.462. The second-order valence-electron chi connectivity index (χ2n) is 6.71. The van der Waals surface area contributed by atoms with Crippen molar-refractivity contribution in [3.05, 3.63) is 58.4 Å². The van der Waals surface area contributed by atoms with Gasteiger partial charge in [-0.2, -0.15) is 13.2 Å². The Morgan fingerprint density at radius 2 is 1.72 bits per heavy atom. The lowest BCUT2D eigenvalue weighted by Gasteiger charge is -2.13. The summed E-state index contributed by atoms with van der Waals surface area (Å²) in [6, 6.07) is 9.42. The van der Waals surface area contributed by atoms with Crippen molar-refractivity contribution in [1.29, 1.82) is 0 Å². The molecular weight excluding hydrogens is 389 g/mol. The highest BCUT2D eigenvalue weighted by Crippen LogP contribution is 2.38. The second-order valence-corrected chi connectivity index (χ2v) is 6.71. The van der Waals surface area contributed by atoms with Crippen LogP contribution in [0.1, 0.15) is 18.6 Å². The summed E-state index contributed by atoms with van der Waals surface area (Å²) in [5.74, 6) is -1.57. The maximum atomic E-state index is 13.7. The van der Waals surface area contributed by atoms with E-state index in [9.17, 15) is 22.8 Å². The number of alkyl halides is 3. The van der Waals surface area contributed by atoms with E-state index >= 15 is 0 Å². The van der Waals surface area contributed by atoms with Crippen LogP contribution in [0.3, 0.4) is 0 Å². The van der Waals surface area contributed by atoms with E-state index in [0.29, 0.717) is 5.75 Å². The highest BCUT2D eigenvalue weighted by Gasteiger charge is 2.39. The Hall–Kier alpha value is -3.29. The molecule has 0 bridgehead atoms. The van der Waals surface area contributed by atoms with Gasteiger partial charge < -0.3 is 13.9 Å². The Balaban J connectivity index is 1.87. The highest BCUT2D eigenvalue weighted by atomic mass is 19.4. The molecular formula is C21H15F3O5. The SMILES string of the molecule is COc1ccc(-c2c(C(F)(F)F)oc3cc(OC(=O)C4CC4)ccc3c2=O)cc1. The smallest absolute Gasteiger partial charge is 0.450 e. The molecule has 3 aromatic rings. The molecule has 1 aromatic heterocycles. The third kappa shape index (κ3) is 3.70. The minimum Gasteiger partial charge on any atom is -0.497 e. The molecule has 29 heavy (non-hydrogen) atoms. The van der Waals surface area contributed by atoms with Crippen molar-refractivity contribution in [2.24, 2.45) is 5.92 Å². The lowest BCUT2D eigenvalue weighted by Crippen LogP contribution is -2.16. The van der Waals surface area contributed by atoms with E-state index in [1.165, 1.54) is 43.5 Å². The van der Waals surface area contributed by atoms with Crippen LogP contribution >= 0.6 is 0 Å². The average Bonchev–Trinajstić information content (AvgIpc) is 3.52. The fourth-order valence-corrected chi connectivity index (χ4v) is 2.97. The van der Waals surface area contributed by atoms with Crippen LogP contribution in [0.15, 0.2) is 51.7 Å². The van der Waals surface area contributed by atoms with Gasteiger partial charge in [0.2, 0.25) is 11.2 Å². The summed E-state index contributed by atoms with van der Waals surface area (Å²) in [5, 5.41) is -0.0463. The summed E-state index contributed by atoms with van der Waals surface area (Å²) in [7, 11) is 1.42. The topological polar surface area (TPSA) is 65.7 Å². The number of hydrogen-bond donors (Lipinski definition) is 0. The molecule has 4 rings (SSSR count). The number of ether oxygens (including phenoxy) is 2. The molecule has 0 aliphatic heterocycles. The molecule has 0 spiro atoms. The van der Waals surface area contributed by atoms with Gasteiger partial charge in [0.05, 0.1) is 24.0 Å². The van der Waals surface area contributed by atoms with Crippen LogP contribution in [-0.4, -0.2) is 13.1 Å². The van der Waals surface area contributed by atoms with Gasteiger partial charge in [-0.05, 0) is 42.7 Å². The number of halogens is 3. The summed E-state index contributed by atoms with van der Waals surface area (Å²) in [5.41, 5.74) is -1.67. The van der Waals surface area contributed by atoms with E-state index in [-0.39, 0.29) is 28.2 Å². The maximum absolute atomic E-state index is 13.7. The number of carbonyl (C=O) groups is 1. The average molecular weight is 404 g/mol. The first-order valence-electron chi connectivity index (χ1n) is 8.82. The minimum atomic E-state index is -4.90. The van der Waals surface area contributed by atoms with Crippen molar-refractivity contribution in [2.75, 3.05) is 7.11 Å². The predicted molar refractivity (Wildman–Crippen MR) is 97.8 cm³/mol. The summed E-state index contributed by atoms with van der Waals surface area (Å²) < 4.78 is 56.3. The van der Waals surface area contributed by atoms with E-state index < -0.39 is 28.9 Å². The Morgan fingerprint density at radius 1 is 1.07 bits per heavy atom. The highest BCUT2D eigenvalue weighted by molar-refractivity contribution is 5.85. The number of benzene rings is 2. The van der Waals surface area contributed by atoms with Gasteiger partial charge in [0.25, 0.3) is 0 Å². The predicted octanol–water partition coefficient (Wildman–Crippen LogP) is 4.80. The number of methoxy groups -OCH3 is 1. The Labute approximate surface area is 162 Å². The van der Waals surface area contributed by atoms with Gasteiger partial charge >= 0.3 is 12.1 Å². The van der Waals surface area contributed by atoms with Crippen LogP contribution in [0, 0.1) is 5.92 Å². The zero-order chi connectivity index (χ0) is 20.8. The van der Waals surface area contributed by atoms with E-state index in [0.717, 1.165) is 18.9 Å².